The molecule has 3 saturated carbocycles. The second kappa shape index (κ2) is 3.29. The number of fused-ring (bicyclic) bond motifs is 2. The van der Waals surface area contributed by atoms with E-state index in [0.717, 1.165) is 11.8 Å². The van der Waals surface area contributed by atoms with Crippen LogP contribution in [0, 0.1) is 22.7 Å². The molecule has 2 bridgehead atoms. The maximum atomic E-state index is 2.47. The van der Waals surface area contributed by atoms with E-state index in [1.165, 1.54) is 19.3 Å². The minimum Gasteiger partial charge on any atom is -0.0683 e. The molecule has 13 heavy (non-hydrogen) atoms. The van der Waals surface area contributed by atoms with Crippen molar-refractivity contribution < 1.29 is 0 Å². The van der Waals surface area contributed by atoms with Crippen LogP contribution in [0.5, 0.6) is 0 Å². The Morgan fingerprint density at radius 2 is 1.54 bits per heavy atom. The molecule has 0 aromatic carbocycles. The molecule has 2 unspecified atom stereocenters. The van der Waals surface area contributed by atoms with E-state index in [9.17, 15) is 0 Å². The van der Waals surface area contributed by atoms with Gasteiger partial charge in [0, 0.05) is 0 Å². The highest BCUT2D eigenvalue weighted by atomic mass is 14.6. The Bertz CT molecular complexity index is 166. The normalized spacial score (nSPS) is 38.3. The highest BCUT2D eigenvalue weighted by Crippen LogP contribution is 2.65. The summed E-state index contributed by atoms with van der Waals surface area (Å²) in [4.78, 5) is 0. The Labute approximate surface area is 84.1 Å². The zero-order valence-electron chi connectivity index (χ0n) is 10.3. The molecule has 3 fully saturated rings. The lowest BCUT2D eigenvalue weighted by atomic mass is 9.41. The fourth-order valence-electron chi connectivity index (χ4n) is 3.55. The maximum absolute atomic E-state index is 2.47. The van der Waals surface area contributed by atoms with Gasteiger partial charge >= 0.3 is 0 Å². The van der Waals surface area contributed by atoms with Gasteiger partial charge in [0.05, 0.1) is 0 Å². The SMILES string of the molecule is CC.CC1(C)CCC2CC1C2(C)C. The van der Waals surface area contributed by atoms with Gasteiger partial charge in [-0.3, -0.25) is 0 Å². The fourth-order valence-corrected chi connectivity index (χ4v) is 3.55. The van der Waals surface area contributed by atoms with Crippen LogP contribution >= 0.6 is 0 Å². The highest BCUT2D eigenvalue weighted by Gasteiger charge is 2.57. The third-order valence-corrected chi connectivity index (χ3v) is 4.55. The van der Waals surface area contributed by atoms with E-state index < -0.39 is 0 Å². The Hall–Kier alpha value is 0. The van der Waals surface area contributed by atoms with E-state index in [1.807, 2.05) is 13.8 Å². The van der Waals surface area contributed by atoms with Gasteiger partial charge in [-0.15, -0.1) is 0 Å². The Morgan fingerprint density at radius 3 is 1.77 bits per heavy atom. The van der Waals surface area contributed by atoms with Gasteiger partial charge in [-0.1, -0.05) is 41.5 Å². The minimum absolute atomic E-state index is 0.637. The summed E-state index contributed by atoms with van der Waals surface area (Å²) in [6.07, 6.45) is 4.46. The quantitative estimate of drug-likeness (QED) is 0.517. The predicted octanol–water partition coefficient (Wildman–Crippen LogP) is 4.49. The van der Waals surface area contributed by atoms with Crippen molar-refractivity contribution in [3.8, 4) is 0 Å². The Kier molecular flexibility index (Phi) is 2.81. The molecule has 0 spiro atoms. The summed E-state index contributed by atoms with van der Waals surface area (Å²) in [5.41, 5.74) is 1.31. The van der Waals surface area contributed by atoms with Crippen LogP contribution in [0.4, 0.5) is 0 Å². The third kappa shape index (κ3) is 1.53. The van der Waals surface area contributed by atoms with Crippen LogP contribution in [-0.4, -0.2) is 0 Å². The van der Waals surface area contributed by atoms with Crippen LogP contribution in [0.3, 0.4) is 0 Å². The zero-order chi connectivity index (χ0) is 10.3. The molecule has 3 rings (SSSR count). The van der Waals surface area contributed by atoms with E-state index >= 15 is 0 Å². The lowest BCUT2D eigenvalue weighted by molar-refractivity contribution is -0.142. The van der Waals surface area contributed by atoms with E-state index in [4.69, 9.17) is 0 Å². The fraction of sp³-hybridized carbons (Fsp3) is 1.00. The van der Waals surface area contributed by atoms with E-state index in [2.05, 4.69) is 27.7 Å². The average Bonchev–Trinajstić information content (AvgIpc) is 2.05. The summed E-state index contributed by atoms with van der Waals surface area (Å²) in [6, 6.07) is 0. The van der Waals surface area contributed by atoms with Crippen LogP contribution in [0.1, 0.15) is 60.8 Å². The summed E-state index contributed by atoms with van der Waals surface area (Å²) in [7, 11) is 0. The molecule has 3 aliphatic rings. The molecule has 0 aromatic heterocycles. The van der Waals surface area contributed by atoms with Gasteiger partial charge in [0.1, 0.15) is 0 Å². The molecular weight excluding hydrogens is 156 g/mol. The van der Waals surface area contributed by atoms with Crippen molar-refractivity contribution >= 4 is 0 Å². The number of rotatable bonds is 0. The van der Waals surface area contributed by atoms with Gasteiger partial charge in [-0.05, 0) is 41.9 Å². The number of hydrogen-bond donors (Lipinski definition) is 0. The highest BCUT2D eigenvalue weighted by molar-refractivity contribution is 5.06. The van der Waals surface area contributed by atoms with Gasteiger partial charge in [-0.2, -0.15) is 0 Å². The smallest absolute Gasteiger partial charge is 0.0292 e. The van der Waals surface area contributed by atoms with Gasteiger partial charge < -0.3 is 0 Å². The van der Waals surface area contributed by atoms with Crippen molar-refractivity contribution in [1.82, 2.24) is 0 Å². The van der Waals surface area contributed by atoms with E-state index in [1.54, 1.807) is 0 Å². The predicted molar refractivity (Wildman–Crippen MR) is 59.7 cm³/mol. The van der Waals surface area contributed by atoms with Gasteiger partial charge in [0.2, 0.25) is 0 Å². The first-order valence-corrected chi connectivity index (χ1v) is 5.94. The van der Waals surface area contributed by atoms with Gasteiger partial charge in [0.15, 0.2) is 0 Å². The largest absolute Gasteiger partial charge is 0.0683 e. The summed E-state index contributed by atoms with van der Waals surface area (Å²) in [5, 5.41) is 0. The average molecular weight is 182 g/mol. The molecule has 0 heterocycles. The van der Waals surface area contributed by atoms with E-state index in [-0.39, 0.29) is 0 Å². The van der Waals surface area contributed by atoms with Crippen LogP contribution in [0.2, 0.25) is 0 Å². The molecule has 0 aliphatic heterocycles. The Morgan fingerprint density at radius 1 is 1.00 bits per heavy atom. The first-order chi connectivity index (χ1) is 5.94. The van der Waals surface area contributed by atoms with Crippen molar-refractivity contribution in [3.05, 3.63) is 0 Å². The molecule has 0 N–H and O–H groups in total. The lowest BCUT2D eigenvalue weighted by Gasteiger charge is -2.63. The molecule has 0 saturated heterocycles. The lowest BCUT2D eigenvalue weighted by Crippen LogP contribution is -2.55. The van der Waals surface area contributed by atoms with Crippen molar-refractivity contribution in [2.45, 2.75) is 60.8 Å². The summed E-state index contributed by atoms with van der Waals surface area (Å²) in [6.45, 7) is 13.8. The summed E-state index contributed by atoms with van der Waals surface area (Å²) in [5.74, 6) is 2.06. The second-order valence-corrected chi connectivity index (χ2v) is 5.83. The second-order valence-electron chi connectivity index (χ2n) is 5.83. The first kappa shape index (κ1) is 11.1. The van der Waals surface area contributed by atoms with Crippen LogP contribution in [-0.2, 0) is 0 Å². The first-order valence-electron chi connectivity index (χ1n) is 5.94. The van der Waals surface area contributed by atoms with Crippen LogP contribution < -0.4 is 0 Å². The van der Waals surface area contributed by atoms with Crippen LogP contribution in [0.15, 0.2) is 0 Å². The summed E-state index contributed by atoms with van der Waals surface area (Å²) < 4.78 is 0. The molecule has 0 nitrogen and oxygen atoms in total. The molecule has 0 amide bonds. The summed E-state index contributed by atoms with van der Waals surface area (Å²) >= 11 is 0. The standard InChI is InChI=1S/C11H20.C2H6/c1-10(2)6-5-8-7-9(10)11(8,3)4;1-2/h8-9H,5-7H2,1-4H3;1-2H3. The van der Waals surface area contributed by atoms with Crippen LogP contribution in [0.25, 0.3) is 0 Å². The molecule has 78 valence electrons. The zero-order valence-corrected chi connectivity index (χ0v) is 10.3. The maximum Gasteiger partial charge on any atom is -0.0292 e. The van der Waals surface area contributed by atoms with Gasteiger partial charge in [0.25, 0.3) is 0 Å². The van der Waals surface area contributed by atoms with Gasteiger partial charge in [-0.25, -0.2) is 0 Å². The Balaban J connectivity index is 0.000000396. The molecule has 0 radical (unpaired) electrons. The van der Waals surface area contributed by atoms with Crippen molar-refractivity contribution in [2.75, 3.05) is 0 Å². The van der Waals surface area contributed by atoms with Crippen molar-refractivity contribution in [3.63, 3.8) is 0 Å². The third-order valence-electron chi connectivity index (χ3n) is 4.55. The topological polar surface area (TPSA) is 0 Å². The minimum atomic E-state index is 0.637. The van der Waals surface area contributed by atoms with Crippen molar-refractivity contribution in [1.29, 1.82) is 0 Å². The monoisotopic (exact) mass is 182 g/mol. The van der Waals surface area contributed by atoms with Crippen molar-refractivity contribution in [2.24, 2.45) is 22.7 Å². The molecule has 0 heteroatoms. The molecule has 0 aromatic rings. The molecular formula is C13H26. The number of hydrogen-bond acceptors (Lipinski definition) is 0. The molecule has 3 aliphatic carbocycles. The molecule has 2 atom stereocenters. The van der Waals surface area contributed by atoms with E-state index in [0.29, 0.717) is 10.8 Å².